The highest BCUT2D eigenvalue weighted by Gasteiger charge is 2.02. The predicted octanol–water partition coefficient (Wildman–Crippen LogP) is 4.04. The van der Waals surface area contributed by atoms with Gasteiger partial charge in [-0.1, -0.05) is 35.9 Å². The van der Waals surface area contributed by atoms with Gasteiger partial charge in [-0.15, -0.1) is 0 Å². The van der Waals surface area contributed by atoms with Crippen LogP contribution in [-0.2, 0) is 13.0 Å². The van der Waals surface area contributed by atoms with Crippen LogP contribution in [0.2, 0.25) is 5.02 Å². The van der Waals surface area contributed by atoms with Gasteiger partial charge in [0.2, 0.25) is 0 Å². The minimum absolute atomic E-state index is 0.0856. The Hall–Kier alpha value is -2.10. The van der Waals surface area contributed by atoms with Crippen molar-refractivity contribution in [1.82, 2.24) is 4.98 Å². The maximum atomic E-state index is 9.05. The zero-order valence-electron chi connectivity index (χ0n) is 12.1. The molecule has 0 saturated heterocycles. The highest BCUT2D eigenvalue weighted by atomic mass is 35.5. The SMILES string of the molecule is OCc1ccc(CCNc2ccnc3ccc(Cl)cc23)cc1. The summed E-state index contributed by atoms with van der Waals surface area (Å²) < 4.78 is 0. The number of hydrogen-bond donors (Lipinski definition) is 2. The summed E-state index contributed by atoms with van der Waals surface area (Å²) in [5.74, 6) is 0. The number of anilines is 1. The van der Waals surface area contributed by atoms with E-state index in [1.165, 1.54) is 5.56 Å². The Morgan fingerprint density at radius 1 is 1.00 bits per heavy atom. The lowest BCUT2D eigenvalue weighted by atomic mass is 10.1. The third-order valence-corrected chi connectivity index (χ3v) is 3.87. The van der Waals surface area contributed by atoms with E-state index in [4.69, 9.17) is 16.7 Å². The Bertz CT molecular complexity index is 772. The Kier molecular flexibility index (Phi) is 4.56. The number of hydrogen-bond acceptors (Lipinski definition) is 3. The average molecular weight is 313 g/mol. The lowest BCUT2D eigenvalue weighted by molar-refractivity contribution is 0.282. The van der Waals surface area contributed by atoms with Crippen molar-refractivity contribution in [2.24, 2.45) is 0 Å². The third kappa shape index (κ3) is 3.38. The molecule has 0 unspecified atom stereocenters. The summed E-state index contributed by atoms with van der Waals surface area (Å²) >= 11 is 6.07. The van der Waals surface area contributed by atoms with Gasteiger partial charge in [-0.3, -0.25) is 4.98 Å². The van der Waals surface area contributed by atoms with Crippen LogP contribution in [0.4, 0.5) is 5.69 Å². The quantitative estimate of drug-likeness (QED) is 0.747. The van der Waals surface area contributed by atoms with Gasteiger partial charge in [0, 0.05) is 28.8 Å². The van der Waals surface area contributed by atoms with Crippen molar-refractivity contribution in [3.63, 3.8) is 0 Å². The van der Waals surface area contributed by atoms with E-state index in [1.807, 2.05) is 36.4 Å². The van der Waals surface area contributed by atoms with Gasteiger partial charge in [-0.05, 0) is 41.8 Å². The van der Waals surface area contributed by atoms with Crippen LogP contribution in [0, 0.1) is 0 Å². The first-order valence-corrected chi connectivity index (χ1v) is 7.61. The number of pyridine rings is 1. The normalized spacial score (nSPS) is 10.8. The van der Waals surface area contributed by atoms with E-state index in [0.29, 0.717) is 5.02 Å². The summed E-state index contributed by atoms with van der Waals surface area (Å²) in [7, 11) is 0. The number of aliphatic hydroxyl groups is 1. The lowest BCUT2D eigenvalue weighted by Crippen LogP contribution is -2.05. The van der Waals surface area contributed by atoms with E-state index >= 15 is 0 Å². The lowest BCUT2D eigenvalue weighted by Gasteiger charge is -2.10. The molecule has 3 aromatic rings. The van der Waals surface area contributed by atoms with Gasteiger partial charge in [0.1, 0.15) is 0 Å². The topological polar surface area (TPSA) is 45.1 Å². The molecule has 112 valence electrons. The van der Waals surface area contributed by atoms with Crippen LogP contribution < -0.4 is 5.32 Å². The number of fused-ring (bicyclic) bond motifs is 1. The average Bonchev–Trinajstić information content (AvgIpc) is 2.56. The molecule has 0 aliphatic heterocycles. The molecule has 0 aliphatic rings. The molecule has 0 spiro atoms. The van der Waals surface area contributed by atoms with Gasteiger partial charge >= 0.3 is 0 Å². The predicted molar refractivity (Wildman–Crippen MR) is 91.3 cm³/mol. The summed E-state index contributed by atoms with van der Waals surface area (Å²) in [6.45, 7) is 0.909. The van der Waals surface area contributed by atoms with Crippen molar-refractivity contribution in [3.8, 4) is 0 Å². The van der Waals surface area contributed by atoms with Crippen molar-refractivity contribution in [1.29, 1.82) is 0 Å². The van der Waals surface area contributed by atoms with Crippen LogP contribution >= 0.6 is 11.6 Å². The monoisotopic (exact) mass is 312 g/mol. The Balaban J connectivity index is 1.69. The fraction of sp³-hybridized carbons (Fsp3) is 0.167. The van der Waals surface area contributed by atoms with E-state index in [-0.39, 0.29) is 6.61 Å². The highest BCUT2D eigenvalue weighted by molar-refractivity contribution is 6.31. The number of benzene rings is 2. The summed E-state index contributed by atoms with van der Waals surface area (Å²) in [6, 6.07) is 15.7. The van der Waals surface area contributed by atoms with Gasteiger partial charge in [-0.25, -0.2) is 0 Å². The van der Waals surface area contributed by atoms with E-state index in [2.05, 4.69) is 22.4 Å². The van der Waals surface area contributed by atoms with Crippen molar-refractivity contribution < 1.29 is 5.11 Å². The molecular formula is C18H17ClN2O. The minimum atomic E-state index is 0.0856. The van der Waals surface area contributed by atoms with Crippen molar-refractivity contribution >= 4 is 28.2 Å². The smallest absolute Gasteiger partial charge is 0.0723 e. The molecule has 0 bridgehead atoms. The van der Waals surface area contributed by atoms with Gasteiger partial charge in [0.15, 0.2) is 0 Å². The molecule has 0 saturated carbocycles. The molecule has 1 heterocycles. The molecule has 0 aliphatic carbocycles. The maximum Gasteiger partial charge on any atom is 0.0723 e. The summed E-state index contributed by atoms with van der Waals surface area (Å²) in [5, 5.41) is 14.2. The first-order chi connectivity index (χ1) is 10.8. The van der Waals surface area contributed by atoms with Crippen LogP contribution in [-0.4, -0.2) is 16.6 Å². The van der Waals surface area contributed by atoms with Gasteiger partial charge in [0.05, 0.1) is 12.1 Å². The number of aromatic nitrogens is 1. The molecule has 4 heteroatoms. The molecule has 3 nitrogen and oxygen atoms in total. The van der Waals surface area contributed by atoms with Crippen LogP contribution in [0.3, 0.4) is 0 Å². The number of nitrogens with one attached hydrogen (secondary N) is 1. The molecule has 22 heavy (non-hydrogen) atoms. The summed E-state index contributed by atoms with van der Waals surface area (Å²) in [6.07, 6.45) is 2.71. The second-order valence-electron chi connectivity index (χ2n) is 5.17. The fourth-order valence-corrected chi connectivity index (χ4v) is 2.60. The third-order valence-electron chi connectivity index (χ3n) is 3.64. The Morgan fingerprint density at radius 3 is 2.55 bits per heavy atom. The zero-order valence-corrected chi connectivity index (χ0v) is 12.8. The minimum Gasteiger partial charge on any atom is -0.392 e. The second-order valence-corrected chi connectivity index (χ2v) is 5.61. The molecule has 0 radical (unpaired) electrons. The Labute approximate surface area is 134 Å². The van der Waals surface area contributed by atoms with Crippen LogP contribution in [0.15, 0.2) is 54.7 Å². The van der Waals surface area contributed by atoms with Crippen molar-refractivity contribution in [3.05, 3.63) is 70.9 Å². The van der Waals surface area contributed by atoms with E-state index in [0.717, 1.165) is 35.1 Å². The molecule has 0 atom stereocenters. The van der Waals surface area contributed by atoms with E-state index in [9.17, 15) is 0 Å². The first-order valence-electron chi connectivity index (χ1n) is 7.23. The molecular weight excluding hydrogens is 296 g/mol. The van der Waals surface area contributed by atoms with Crippen molar-refractivity contribution in [2.75, 3.05) is 11.9 Å². The van der Waals surface area contributed by atoms with Gasteiger partial charge in [-0.2, -0.15) is 0 Å². The molecule has 2 aromatic carbocycles. The molecule has 2 N–H and O–H groups in total. The largest absolute Gasteiger partial charge is 0.392 e. The molecule has 0 fully saturated rings. The first kappa shape index (κ1) is 14.8. The number of halogens is 1. The van der Waals surface area contributed by atoms with Gasteiger partial charge in [0.25, 0.3) is 0 Å². The number of nitrogens with zero attached hydrogens (tertiary/aromatic N) is 1. The van der Waals surface area contributed by atoms with Gasteiger partial charge < -0.3 is 10.4 Å². The number of rotatable bonds is 5. The molecule has 1 aromatic heterocycles. The fourth-order valence-electron chi connectivity index (χ4n) is 2.43. The number of aliphatic hydroxyl groups excluding tert-OH is 1. The van der Waals surface area contributed by atoms with E-state index in [1.54, 1.807) is 6.20 Å². The van der Waals surface area contributed by atoms with E-state index < -0.39 is 0 Å². The Morgan fingerprint density at radius 2 is 1.77 bits per heavy atom. The molecule has 3 rings (SSSR count). The highest BCUT2D eigenvalue weighted by Crippen LogP contribution is 2.24. The standard InChI is InChI=1S/C18H17ClN2O/c19-15-5-6-17-16(11-15)18(8-10-21-17)20-9-7-13-1-3-14(12-22)4-2-13/h1-6,8,10-11,22H,7,9,12H2,(H,20,21). The second kappa shape index (κ2) is 6.77. The summed E-state index contributed by atoms with van der Waals surface area (Å²) in [5.41, 5.74) is 4.15. The zero-order chi connectivity index (χ0) is 15.4. The molecule has 0 amide bonds. The van der Waals surface area contributed by atoms with Crippen LogP contribution in [0.1, 0.15) is 11.1 Å². The van der Waals surface area contributed by atoms with Crippen LogP contribution in [0.25, 0.3) is 10.9 Å². The maximum absolute atomic E-state index is 9.05. The summed E-state index contributed by atoms with van der Waals surface area (Å²) in [4.78, 5) is 4.35. The van der Waals surface area contributed by atoms with Crippen LogP contribution in [0.5, 0.6) is 0 Å². The van der Waals surface area contributed by atoms with Crippen molar-refractivity contribution in [2.45, 2.75) is 13.0 Å².